The van der Waals surface area contributed by atoms with E-state index in [4.69, 9.17) is 4.74 Å². The molecule has 3 nitrogen and oxygen atoms in total. The SMILES string of the molecule is COc1cccc(C(O)C2CCCCC2=O)c1. The van der Waals surface area contributed by atoms with Crippen molar-refractivity contribution in [2.24, 2.45) is 5.92 Å². The third-order valence-electron chi connectivity index (χ3n) is 3.42. The van der Waals surface area contributed by atoms with Gasteiger partial charge in [-0.25, -0.2) is 0 Å². The van der Waals surface area contributed by atoms with E-state index < -0.39 is 6.10 Å². The van der Waals surface area contributed by atoms with Crippen molar-refractivity contribution in [3.05, 3.63) is 29.8 Å². The number of Topliss-reactive ketones (excluding diaryl/α,β-unsaturated/α-hetero) is 1. The van der Waals surface area contributed by atoms with Crippen molar-refractivity contribution in [1.82, 2.24) is 0 Å². The molecule has 2 rings (SSSR count). The summed E-state index contributed by atoms with van der Waals surface area (Å²) in [5, 5.41) is 10.3. The number of methoxy groups -OCH3 is 1. The first-order valence-corrected chi connectivity index (χ1v) is 6.07. The lowest BCUT2D eigenvalue weighted by molar-refractivity contribution is -0.128. The molecule has 0 aliphatic heterocycles. The van der Waals surface area contributed by atoms with Gasteiger partial charge in [-0.05, 0) is 30.5 Å². The lowest BCUT2D eigenvalue weighted by Crippen LogP contribution is -2.25. The van der Waals surface area contributed by atoms with Gasteiger partial charge in [-0.2, -0.15) is 0 Å². The van der Waals surface area contributed by atoms with Crippen molar-refractivity contribution < 1.29 is 14.6 Å². The van der Waals surface area contributed by atoms with Gasteiger partial charge >= 0.3 is 0 Å². The zero-order chi connectivity index (χ0) is 12.3. The van der Waals surface area contributed by atoms with Crippen molar-refractivity contribution in [1.29, 1.82) is 0 Å². The minimum atomic E-state index is -0.696. The molecule has 1 saturated carbocycles. The molecule has 0 bridgehead atoms. The van der Waals surface area contributed by atoms with E-state index >= 15 is 0 Å². The van der Waals surface area contributed by atoms with E-state index in [1.807, 2.05) is 18.2 Å². The predicted octanol–water partition coefficient (Wildman–Crippen LogP) is 2.49. The van der Waals surface area contributed by atoms with Gasteiger partial charge < -0.3 is 9.84 Å². The van der Waals surface area contributed by atoms with Crippen LogP contribution in [-0.2, 0) is 4.79 Å². The number of rotatable bonds is 3. The Hall–Kier alpha value is -1.35. The fraction of sp³-hybridized carbons (Fsp3) is 0.500. The molecule has 0 aromatic heterocycles. The molecule has 0 saturated heterocycles. The second-order valence-electron chi connectivity index (χ2n) is 4.54. The molecule has 2 atom stereocenters. The Balaban J connectivity index is 2.17. The van der Waals surface area contributed by atoms with Crippen LogP contribution in [0.25, 0.3) is 0 Å². The van der Waals surface area contributed by atoms with E-state index in [0.717, 1.165) is 24.8 Å². The van der Waals surface area contributed by atoms with Crippen LogP contribution >= 0.6 is 0 Å². The molecule has 1 fully saturated rings. The van der Waals surface area contributed by atoms with Gasteiger partial charge in [0.15, 0.2) is 0 Å². The molecule has 1 aromatic rings. The molecule has 0 amide bonds. The molecular formula is C14H18O3. The quantitative estimate of drug-likeness (QED) is 0.874. The van der Waals surface area contributed by atoms with Gasteiger partial charge in [0, 0.05) is 12.3 Å². The highest BCUT2D eigenvalue weighted by Crippen LogP contribution is 2.33. The van der Waals surface area contributed by atoms with Gasteiger partial charge in [-0.3, -0.25) is 4.79 Å². The maximum absolute atomic E-state index is 11.8. The second kappa shape index (κ2) is 5.32. The average Bonchev–Trinajstić information content (AvgIpc) is 2.38. The fourth-order valence-corrected chi connectivity index (χ4v) is 2.40. The maximum atomic E-state index is 11.8. The van der Waals surface area contributed by atoms with Crippen LogP contribution in [0.4, 0.5) is 0 Å². The van der Waals surface area contributed by atoms with Crippen LogP contribution in [0.1, 0.15) is 37.4 Å². The van der Waals surface area contributed by atoms with Crippen molar-refractivity contribution in [3.63, 3.8) is 0 Å². The number of aliphatic hydroxyl groups excluding tert-OH is 1. The zero-order valence-corrected chi connectivity index (χ0v) is 10.1. The van der Waals surface area contributed by atoms with Gasteiger partial charge in [0.05, 0.1) is 13.2 Å². The largest absolute Gasteiger partial charge is 0.497 e. The van der Waals surface area contributed by atoms with Gasteiger partial charge in [0.2, 0.25) is 0 Å². The molecular weight excluding hydrogens is 216 g/mol. The first-order chi connectivity index (χ1) is 8.22. The molecule has 1 aromatic carbocycles. The molecule has 1 aliphatic carbocycles. The van der Waals surface area contributed by atoms with Gasteiger partial charge in [0.25, 0.3) is 0 Å². The summed E-state index contributed by atoms with van der Waals surface area (Å²) in [7, 11) is 1.59. The number of ketones is 1. The van der Waals surface area contributed by atoms with E-state index in [9.17, 15) is 9.90 Å². The molecule has 0 radical (unpaired) electrons. The van der Waals surface area contributed by atoms with Crippen molar-refractivity contribution in [3.8, 4) is 5.75 Å². The van der Waals surface area contributed by atoms with Crippen LogP contribution in [-0.4, -0.2) is 18.0 Å². The molecule has 2 unspecified atom stereocenters. The van der Waals surface area contributed by atoms with Crippen LogP contribution in [0.5, 0.6) is 5.75 Å². The summed E-state index contributed by atoms with van der Waals surface area (Å²) in [5.41, 5.74) is 0.768. The van der Waals surface area contributed by atoms with E-state index in [1.54, 1.807) is 13.2 Å². The summed E-state index contributed by atoms with van der Waals surface area (Å²) < 4.78 is 5.12. The normalized spacial score (nSPS) is 22.2. The van der Waals surface area contributed by atoms with E-state index in [-0.39, 0.29) is 11.7 Å². The van der Waals surface area contributed by atoms with Gasteiger partial charge in [0.1, 0.15) is 11.5 Å². The molecule has 92 valence electrons. The molecule has 17 heavy (non-hydrogen) atoms. The lowest BCUT2D eigenvalue weighted by Gasteiger charge is -2.25. The monoisotopic (exact) mass is 234 g/mol. The van der Waals surface area contributed by atoms with Crippen LogP contribution in [0.3, 0.4) is 0 Å². The Morgan fingerprint density at radius 3 is 2.94 bits per heavy atom. The standard InChI is InChI=1S/C14H18O3/c1-17-11-6-4-5-10(9-11)14(16)12-7-2-3-8-13(12)15/h4-6,9,12,14,16H,2-3,7-8H2,1H3. The Morgan fingerprint density at radius 1 is 1.41 bits per heavy atom. The average molecular weight is 234 g/mol. The second-order valence-corrected chi connectivity index (χ2v) is 4.54. The van der Waals surface area contributed by atoms with Crippen LogP contribution in [0.15, 0.2) is 24.3 Å². The number of ether oxygens (including phenoxy) is 1. The highest BCUT2D eigenvalue weighted by atomic mass is 16.5. The summed E-state index contributed by atoms with van der Waals surface area (Å²) in [6.07, 6.45) is 2.68. The van der Waals surface area contributed by atoms with Gasteiger partial charge in [-0.15, -0.1) is 0 Å². The first kappa shape index (κ1) is 12.1. The third kappa shape index (κ3) is 2.67. The minimum absolute atomic E-state index is 0.187. The van der Waals surface area contributed by atoms with E-state index in [1.165, 1.54) is 0 Å². The highest BCUT2D eigenvalue weighted by molar-refractivity contribution is 5.82. The molecule has 0 spiro atoms. The van der Waals surface area contributed by atoms with Crippen LogP contribution < -0.4 is 4.74 Å². The first-order valence-electron chi connectivity index (χ1n) is 6.07. The number of benzene rings is 1. The van der Waals surface area contributed by atoms with E-state index in [2.05, 4.69) is 0 Å². The van der Waals surface area contributed by atoms with Crippen molar-refractivity contribution >= 4 is 5.78 Å². The number of carbonyl (C=O) groups excluding carboxylic acids is 1. The van der Waals surface area contributed by atoms with Crippen molar-refractivity contribution in [2.45, 2.75) is 31.8 Å². The molecule has 1 N–H and O–H groups in total. The Bertz CT molecular complexity index is 400. The maximum Gasteiger partial charge on any atom is 0.138 e. The summed E-state index contributed by atoms with van der Waals surface area (Å²) in [6, 6.07) is 7.31. The molecule has 0 heterocycles. The summed E-state index contributed by atoms with van der Waals surface area (Å²) in [5.74, 6) is 0.659. The van der Waals surface area contributed by atoms with Crippen LogP contribution in [0.2, 0.25) is 0 Å². The number of aliphatic hydroxyl groups is 1. The lowest BCUT2D eigenvalue weighted by atomic mass is 9.82. The van der Waals surface area contributed by atoms with Gasteiger partial charge in [-0.1, -0.05) is 18.6 Å². The zero-order valence-electron chi connectivity index (χ0n) is 10.1. The number of carbonyl (C=O) groups is 1. The van der Waals surface area contributed by atoms with E-state index in [0.29, 0.717) is 12.2 Å². The molecule has 3 heteroatoms. The van der Waals surface area contributed by atoms with Crippen LogP contribution in [0, 0.1) is 5.92 Å². The smallest absolute Gasteiger partial charge is 0.138 e. The Kier molecular flexibility index (Phi) is 3.79. The topological polar surface area (TPSA) is 46.5 Å². The Morgan fingerprint density at radius 2 is 2.24 bits per heavy atom. The summed E-state index contributed by atoms with van der Waals surface area (Å²) >= 11 is 0. The summed E-state index contributed by atoms with van der Waals surface area (Å²) in [6.45, 7) is 0. The highest BCUT2D eigenvalue weighted by Gasteiger charge is 2.29. The molecule has 1 aliphatic rings. The minimum Gasteiger partial charge on any atom is -0.497 e. The van der Waals surface area contributed by atoms with Crippen molar-refractivity contribution in [2.75, 3.05) is 7.11 Å². The Labute approximate surface area is 101 Å². The number of hydrogen-bond donors (Lipinski definition) is 1. The summed E-state index contributed by atoms with van der Waals surface area (Å²) in [4.78, 5) is 11.8. The fourth-order valence-electron chi connectivity index (χ4n) is 2.40. The predicted molar refractivity (Wildman–Crippen MR) is 64.9 cm³/mol. The third-order valence-corrected chi connectivity index (χ3v) is 3.42. The number of hydrogen-bond acceptors (Lipinski definition) is 3.